The monoisotopic (exact) mass is 200 g/mol. The smallest absolute Gasteiger partial charge is 0.315 e. The topological polar surface area (TPSA) is 99.7 Å². The highest BCUT2D eigenvalue weighted by molar-refractivity contribution is 5.81. The first kappa shape index (κ1) is 10.6. The number of nitrogens with one attached hydrogen (secondary N) is 2. The van der Waals surface area contributed by atoms with Crippen LogP contribution in [0.15, 0.2) is 5.16 Å². The van der Waals surface area contributed by atoms with Crippen LogP contribution >= 0.6 is 0 Å². The molecule has 0 aromatic heterocycles. The van der Waals surface area contributed by atoms with Crippen molar-refractivity contribution < 1.29 is 10.0 Å². The lowest BCUT2D eigenvalue weighted by atomic mass is 10.2. The third-order valence-corrected chi connectivity index (χ3v) is 1.93. The standard InChI is InChI=1S/C8H16N4O2/c1-5(4-7(9)12-14)10-8(13)11-6-2-3-6/h5-6,14H,2-4H2,1H3,(H2,9,12)(H2,10,11,13). The van der Waals surface area contributed by atoms with Crippen LogP contribution in [0.1, 0.15) is 26.2 Å². The van der Waals surface area contributed by atoms with E-state index in [-0.39, 0.29) is 17.9 Å². The van der Waals surface area contributed by atoms with Gasteiger partial charge >= 0.3 is 6.03 Å². The molecule has 0 heterocycles. The predicted octanol–water partition coefficient (Wildman–Crippen LogP) is -0.0270. The molecule has 0 saturated heterocycles. The molecule has 0 radical (unpaired) electrons. The summed E-state index contributed by atoms with van der Waals surface area (Å²) in [5.74, 6) is 0.115. The molecule has 14 heavy (non-hydrogen) atoms. The molecular weight excluding hydrogens is 184 g/mol. The van der Waals surface area contributed by atoms with Crippen molar-refractivity contribution in [1.82, 2.24) is 10.6 Å². The van der Waals surface area contributed by atoms with Crippen LogP contribution in [0.25, 0.3) is 0 Å². The largest absolute Gasteiger partial charge is 0.409 e. The Hall–Kier alpha value is -1.46. The second-order valence-corrected chi connectivity index (χ2v) is 3.59. The summed E-state index contributed by atoms with van der Waals surface area (Å²) >= 11 is 0. The summed E-state index contributed by atoms with van der Waals surface area (Å²) in [6, 6.07) is 0.0152. The average Bonchev–Trinajstić information content (AvgIpc) is 2.87. The molecule has 1 aliphatic rings. The molecule has 5 N–H and O–H groups in total. The number of carbonyl (C=O) groups is 1. The van der Waals surface area contributed by atoms with E-state index in [0.29, 0.717) is 12.5 Å². The summed E-state index contributed by atoms with van der Waals surface area (Å²) in [4.78, 5) is 11.2. The number of hydrogen-bond acceptors (Lipinski definition) is 3. The Balaban J connectivity index is 2.17. The van der Waals surface area contributed by atoms with Crippen LogP contribution in [0.4, 0.5) is 4.79 Å². The van der Waals surface area contributed by atoms with E-state index in [4.69, 9.17) is 10.9 Å². The quantitative estimate of drug-likeness (QED) is 0.222. The van der Waals surface area contributed by atoms with E-state index in [2.05, 4.69) is 15.8 Å². The fraction of sp³-hybridized carbons (Fsp3) is 0.750. The van der Waals surface area contributed by atoms with Crippen LogP contribution in [-0.2, 0) is 0 Å². The van der Waals surface area contributed by atoms with Gasteiger partial charge in [-0.3, -0.25) is 0 Å². The van der Waals surface area contributed by atoms with Gasteiger partial charge in [0.1, 0.15) is 5.84 Å². The fourth-order valence-corrected chi connectivity index (χ4v) is 1.08. The van der Waals surface area contributed by atoms with Gasteiger partial charge in [-0.25, -0.2) is 4.79 Å². The Morgan fingerprint density at radius 1 is 1.71 bits per heavy atom. The maximum absolute atomic E-state index is 11.2. The van der Waals surface area contributed by atoms with Crippen molar-refractivity contribution in [3.63, 3.8) is 0 Å². The molecule has 0 aliphatic heterocycles. The van der Waals surface area contributed by atoms with Crippen molar-refractivity contribution in [1.29, 1.82) is 0 Å². The summed E-state index contributed by atoms with van der Waals surface area (Å²) in [7, 11) is 0. The van der Waals surface area contributed by atoms with E-state index >= 15 is 0 Å². The summed E-state index contributed by atoms with van der Waals surface area (Å²) in [5.41, 5.74) is 5.29. The maximum atomic E-state index is 11.2. The van der Waals surface area contributed by atoms with Crippen LogP contribution in [0.5, 0.6) is 0 Å². The van der Waals surface area contributed by atoms with Gasteiger partial charge in [0.05, 0.1) is 0 Å². The van der Waals surface area contributed by atoms with Crippen LogP contribution in [0.2, 0.25) is 0 Å². The van der Waals surface area contributed by atoms with E-state index in [1.807, 2.05) is 0 Å². The van der Waals surface area contributed by atoms with Gasteiger partial charge in [0.15, 0.2) is 0 Å². The van der Waals surface area contributed by atoms with Crippen LogP contribution < -0.4 is 16.4 Å². The van der Waals surface area contributed by atoms with Crippen molar-refractivity contribution in [2.45, 2.75) is 38.3 Å². The first-order chi connectivity index (χ1) is 6.61. The average molecular weight is 200 g/mol. The second-order valence-electron chi connectivity index (χ2n) is 3.59. The van der Waals surface area contributed by atoms with Crippen LogP contribution in [0.3, 0.4) is 0 Å². The molecule has 80 valence electrons. The first-order valence-corrected chi connectivity index (χ1v) is 4.65. The SMILES string of the molecule is CC(CC(N)=NO)NC(=O)NC1CC1. The van der Waals surface area contributed by atoms with Gasteiger partial charge in [-0.15, -0.1) is 0 Å². The number of urea groups is 1. The molecule has 1 unspecified atom stereocenters. The number of nitrogens with zero attached hydrogens (tertiary/aromatic N) is 1. The highest BCUT2D eigenvalue weighted by Gasteiger charge is 2.23. The first-order valence-electron chi connectivity index (χ1n) is 4.65. The molecule has 0 aromatic carbocycles. The molecule has 1 saturated carbocycles. The lowest BCUT2D eigenvalue weighted by Gasteiger charge is -2.13. The zero-order valence-electron chi connectivity index (χ0n) is 8.16. The minimum absolute atomic E-state index is 0.115. The number of hydrogen-bond donors (Lipinski definition) is 4. The zero-order chi connectivity index (χ0) is 10.6. The predicted molar refractivity (Wildman–Crippen MR) is 52.2 cm³/mol. The Labute approximate surface area is 82.5 Å². The molecule has 0 spiro atoms. The van der Waals surface area contributed by atoms with Crippen molar-refractivity contribution >= 4 is 11.9 Å². The van der Waals surface area contributed by atoms with E-state index in [0.717, 1.165) is 12.8 Å². The Morgan fingerprint density at radius 3 is 2.86 bits per heavy atom. The molecular formula is C8H16N4O2. The number of amidine groups is 1. The Morgan fingerprint density at radius 2 is 2.36 bits per heavy atom. The summed E-state index contributed by atoms with van der Waals surface area (Å²) in [6.45, 7) is 1.80. The van der Waals surface area contributed by atoms with Crippen LogP contribution in [-0.4, -0.2) is 29.2 Å². The lowest BCUT2D eigenvalue weighted by Crippen LogP contribution is -2.43. The summed E-state index contributed by atoms with van der Waals surface area (Å²) < 4.78 is 0. The Kier molecular flexibility index (Phi) is 3.55. The lowest BCUT2D eigenvalue weighted by molar-refractivity contribution is 0.237. The summed E-state index contributed by atoms with van der Waals surface area (Å²) in [6.07, 6.45) is 2.46. The van der Waals surface area contributed by atoms with Crippen molar-refractivity contribution in [2.75, 3.05) is 0 Å². The molecule has 1 aliphatic carbocycles. The molecule has 1 rings (SSSR count). The van der Waals surface area contributed by atoms with Gasteiger partial charge in [-0.1, -0.05) is 5.16 Å². The number of carbonyl (C=O) groups excluding carboxylic acids is 1. The molecule has 0 aromatic rings. The van der Waals surface area contributed by atoms with E-state index < -0.39 is 0 Å². The third kappa shape index (κ3) is 3.97. The molecule has 6 nitrogen and oxygen atoms in total. The second kappa shape index (κ2) is 4.69. The highest BCUT2D eigenvalue weighted by Crippen LogP contribution is 2.18. The molecule has 1 atom stereocenters. The molecule has 6 heteroatoms. The highest BCUT2D eigenvalue weighted by atomic mass is 16.4. The molecule has 2 amide bonds. The number of oxime groups is 1. The van der Waals surface area contributed by atoms with Crippen LogP contribution in [0, 0.1) is 0 Å². The van der Waals surface area contributed by atoms with Gasteiger partial charge in [-0.05, 0) is 19.8 Å². The zero-order valence-corrected chi connectivity index (χ0v) is 8.16. The van der Waals surface area contributed by atoms with Gasteiger partial charge in [-0.2, -0.15) is 0 Å². The summed E-state index contributed by atoms with van der Waals surface area (Å²) in [5, 5.41) is 16.6. The third-order valence-electron chi connectivity index (χ3n) is 1.93. The fourth-order valence-electron chi connectivity index (χ4n) is 1.08. The van der Waals surface area contributed by atoms with E-state index in [9.17, 15) is 4.79 Å². The van der Waals surface area contributed by atoms with Gasteiger partial charge in [0, 0.05) is 18.5 Å². The van der Waals surface area contributed by atoms with Gasteiger partial charge < -0.3 is 21.6 Å². The van der Waals surface area contributed by atoms with Crippen molar-refractivity contribution in [3.05, 3.63) is 0 Å². The number of nitrogens with two attached hydrogens (primary N) is 1. The van der Waals surface area contributed by atoms with E-state index in [1.165, 1.54) is 0 Å². The van der Waals surface area contributed by atoms with Crippen molar-refractivity contribution in [3.8, 4) is 0 Å². The van der Waals surface area contributed by atoms with E-state index in [1.54, 1.807) is 6.92 Å². The molecule has 1 fully saturated rings. The molecule has 0 bridgehead atoms. The van der Waals surface area contributed by atoms with Gasteiger partial charge in [0.25, 0.3) is 0 Å². The Bertz CT molecular complexity index is 237. The number of rotatable bonds is 4. The van der Waals surface area contributed by atoms with Gasteiger partial charge in [0.2, 0.25) is 0 Å². The van der Waals surface area contributed by atoms with Crippen molar-refractivity contribution in [2.24, 2.45) is 10.9 Å². The minimum Gasteiger partial charge on any atom is -0.409 e. The normalized spacial score (nSPS) is 18.8. The number of amides is 2. The maximum Gasteiger partial charge on any atom is 0.315 e. The minimum atomic E-state index is -0.189.